The Morgan fingerprint density at radius 1 is 1.07 bits per heavy atom. The highest BCUT2D eigenvalue weighted by molar-refractivity contribution is 5.89. The molecule has 1 amide bonds. The third-order valence-corrected chi connectivity index (χ3v) is 4.74. The van der Waals surface area contributed by atoms with Gasteiger partial charge in [0.05, 0.1) is 11.0 Å². The van der Waals surface area contributed by atoms with Gasteiger partial charge in [0, 0.05) is 19.6 Å². The molecule has 0 radical (unpaired) electrons. The van der Waals surface area contributed by atoms with E-state index in [1.807, 2.05) is 52.2 Å². The second-order valence-corrected chi connectivity index (χ2v) is 8.38. The van der Waals surface area contributed by atoms with E-state index in [0.717, 1.165) is 37.7 Å². The lowest BCUT2D eigenvalue weighted by Crippen LogP contribution is -2.43. The molecule has 29 heavy (non-hydrogen) atoms. The smallest absolute Gasteiger partial charge is 0.337 e. The fourth-order valence-electron chi connectivity index (χ4n) is 3.62. The zero-order chi connectivity index (χ0) is 22.0. The molecule has 0 fully saturated rings. The number of hydrogen-bond acceptors (Lipinski definition) is 3. The van der Waals surface area contributed by atoms with E-state index in [1.54, 1.807) is 4.57 Å². The Kier molecular flexibility index (Phi) is 10.2. The van der Waals surface area contributed by atoms with Crippen LogP contribution < -0.4 is 11.0 Å². The van der Waals surface area contributed by atoms with E-state index in [1.165, 1.54) is 4.57 Å². The molecule has 0 bridgehead atoms. The van der Waals surface area contributed by atoms with Crippen molar-refractivity contribution in [3.05, 3.63) is 34.7 Å². The van der Waals surface area contributed by atoms with Crippen LogP contribution in [0.25, 0.3) is 11.0 Å². The van der Waals surface area contributed by atoms with Crippen LogP contribution >= 0.6 is 0 Å². The Morgan fingerprint density at radius 3 is 2.28 bits per heavy atom. The van der Waals surface area contributed by atoms with Gasteiger partial charge in [-0.25, -0.2) is 14.2 Å². The van der Waals surface area contributed by atoms with Gasteiger partial charge in [0.1, 0.15) is 0 Å². The third kappa shape index (κ3) is 7.03. The molecule has 0 spiro atoms. The molecule has 6 heteroatoms. The van der Waals surface area contributed by atoms with Crippen molar-refractivity contribution in [2.75, 3.05) is 27.2 Å². The summed E-state index contributed by atoms with van der Waals surface area (Å²) in [6.07, 6.45) is 4.35. The summed E-state index contributed by atoms with van der Waals surface area (Å²) in [6, 6.07) is 7.17. The first-order valence-electron chi connectivity index (χ1n) is 10.9. The molecule has 1 aromatic heterocycles. The molecular weight excluding hydrogens is 364 g/mol. The summed E-state index contributed by atoms with van der Waals surface area (Å²) < 4.78 is 3.01. The Labute approximate surface area is 175 Å². The number of benzene rings is 1. The second kappa shape index (κ2) is 11.8. The van der Waals surface area contributed by atoms with Crippen molar-refractivity contribution in [2.45, 2.75) is 66.8 Å². The van der Waals surface area contributed by atoms with Crippen molar-refractivity contribution >= 4 is 17.1 Å². The summed E-state index contributed by atoms with van der Waals surface area (Å²) in [6.45, 7) is 12.4. The van der Waals surface area contributed by atoms with Crippen molar-refractivity contribution in [1.29, 1.82) is 0 Å². The van der Waals surface area contributed by atoms with Crippen molar-refractivity contribution in [3.63, 3.8) is 0 Å². The minimum atomic E-state index is -0.352. The molecule has 1 heterocycles. The Hall–Kier alpha value is -2.08. The largest absolute Gasteiger partial charge is 0.337 e. The number of carbonyl (C=O) groups excluding carboxylic acids is 1. The van der Waals surface area contributed by atoms with Gasteiger partial charge < -0.3 is 10.2 Å². The molecule has 164 valence electrons. The van der Waals surface area contributed by atoms with Gasteiger partial charge in [0.15, 0.2) is 0 Å². The Bertz CT molecular complexity index is 818. The highest BCUT2D eigenvalue weighted by Crippen LogP contribution is 2.16. The molecule has 2 aromatic rings. The SMILES string of the molecule is CC.CCCCCCn1c(=O)n(C(=O)NCC(C)(C)CN(C)C)c2ccccc21. The molecule has 0 aliphatic rings. The van der Waals surface area contributed by atoms with Crippen LogP contribution in [0.1, 0.15) is 60.3 Å². The number of fused-ring (bicyclic) bond motifs is 1. The molecule has 0 saturated carbocycles. The number of imidazole rings is 1. The molecule has 1 aromatic carbocycles. The number of hydrogen-bond donors (Lipinski definition) is 1. The van der Waals surface area contributed by atoms with Gasteiger partial charge in [-0.15, -0.1) is 0 Å². The van der Waals surface area contributed by atoms with Gasteiger partial charge in [0.25, 0.3) is 0 Å². The van der Waals surface area contributed by atoms with Crippen LogP contribution in [0.4, 0.5) is 4.79 Å². The topological polar surface area (TPSA) is 59.3 Å². The summed E-state index contributed by atoms with van der Waals surface area (Å²) in [5.41, 5.74) is 1.15. The van der Waals surface area contributed by atoms with Gasteiger partial charge in [-0.2, -0.15) is 0 Å². The molecule has 0 aliphatic heterocycles. The van der Waals surface area contributed by atoms with E-state index in [9.17, 15) is 9.59 Å². The van der Waals surface area contributed by atoms with Crippen LogP contribution in [0.3, 0.4) is 0 Å². The van der Waals surface area contributed by atoms with Crippen LogP contribution in [0.5, 0.6) is 0 Å². The minimum Gasteiger partial charge on any atom is -0.337 e. The average Bonchev–Trinajstić information content (AvgIpc) is 2.96. The molecule has 0 saturated heterocycles. The van der Waals surface area contributed by atoms with Crippen LogP contribution in [0, 0.1) is 5.41 Å². The van der Waals surface area contributed by atoms with Crippen LogP contribution in [-0.4, -0.2) is 47.3 Å². The number of unbranched alkanes of at least 4 members (excludes halogenated alkanes) is 3. The lowest BCUT2D eigenvalue weighted by molar-refractivity contribution is 0.216. The van der Waals surface area contributed by atoms with Gasteiger partial charge in [-0.3, -0.25) is 4.57 Å². The molecular formula is C23H40N4O2. The average molecular weight is 405 g/mol. The first kappa shape index (κ1) is 25.0. The lowest BCUT2D eigenvalue weighted by Gasteiger charge is -2.28. The van der Waals surface area contributed by atoms with E-state index in [0.29, 0.717) is 18.6 Å². The van der Waals surface area contributed by atoms with E-state index < -0.39 is 0 Å². The van der Waals surface area contributed by atoms with Crippen molar-refractivity contribution < 1.29 is 4.79 Å². The quantitative estimate of drug-likeness (QED) is 0.624. The summed E-state index contributed by atoms with van der Waals surface area (Å²) in [5.74, 6) is 0. The van der Waals surface area contributed by atoms with Gasteiger partial charge >= 0.3 is 11.7 Å². The van der Waals surface area contributed by atoms with Crippen molar-refractivity contribution in [1.82, 2.24) is 19.4 Å². The third-order valence-electron chi connectivity index (χ3n) is 4.74. The predicted octanol–water partition coefficient (Wildman–Crippen LogP) is 4.56. The van der Waals surface area contributed by atoms with Crippen LogP contribution in [0.15, 0.2) is 29.1 Å². The number of aryl methyl sites for hydroxylation is 1. The van der Waals surface area contributed by atoms with E-state index in [2.05, 4.69) is 31.0 Å². The maximum Gasteiger partial charge on any atom is 0.337 e. The number of nitrogens with one attached hydrogen (secondary N) is 1. The number of nitrogens with zero attached hydrogens (tertiary/aromatic N) is 3. The van der Waals surface area contributed by atoms with Gasteiger partial charge in [-0.1, -0.05) is 66.0 Å². The maximum atomic E-state index is 13.0. The zero-order valence-electron chi connectivity index (χ0n) is 19.4. The van der Waals surface area contributed by atoms with Crippen LogP contribution in [-0.2, 0) is 6.54 Å². The Morgan fingerprint density at radius 2 is 1.69 bits per heavy atom. The van der Waals surface area contributed by atoms with E-state index >= 15 is 0 Å². The number of aromatic nitrogens is 2. The molecule has 1 N–H and O–H groups in total. The minimum absolute atomic E-state index is 0.0821. The van der Waals surface area contributed by atoms with Crippen LogP contribution in [0.2, 0.25) is 0 Å². The van der Waals surface area contributed by atoms with E-state index in [-0.39, 0.29) is 17.1 Å². The highest BCUT2D eigenvalue weighted by atomic mass is 16.2. The monoisotopic (exact) mass is 404 g/mol. The van der Waals surface area contributed by atoms with Gasteiger partial charge in [0.2, 0.25) is 0 Å². The summed E-state index contributed by atoms with van der Waals surface area (Å²) in [5, 5.41) is 2.95. The zero-order valence-corrected chi connectivity index (χ0v) is 19.4. The molecule has 0 atom stereocenters. The number of para-hydroxylation sites is 2. The maximum absolute atomic E-state index is 13.0. The molecule has 0 aliphatic carbocycles. The summed E-state index contributed by atoms with van der Waals surface area (Å²) in [4.78, 5) is 27.9. The molecule has 2 rings (SSSR count). The first-order chi connectivity index (χ1) is 13.8. The van der Waals surface area contributed by atoms with Gasteiger partial charge in [-0.05, 0) is 38.1 Å². The fraction of sp³-hybridized carbons (Fsp3) is 0.652. The second-order valence-electron chi connectivity index (χ2n) is 8.38. The summed E-state index contributed by atoms with van der Waals surface area (Å²) in [7, 11) is 4.03. The van der Waals surface area contributed by atoms with Crippen molar-refractivity contribution in [3.8, 4) is 0 Å². The number of rotatable bonds is 9. The Balaban J connectivity index is 0.00000204. The first-order valence-corrected chi connectivity index (χ1v) is 10.9. The fourth-order valence-corrected chi connectivity index (χ4v) is 3.62. The number of amides is 1. The normalized spacial score (nSPS) is 11.4. The molecule has 6 nitrogen and oxygen atoms in total. The lowest BCUT2D eigenvalue weighted by atomic mass is 9.93. The highest BCUT2D eigenvalue weighted by Gasteiger charge is 2.22. The molecule has 0 unspecified atom stereocenters. The summed E-state index contributed by atoms with van der Waals surface area (Å²) >= 11 is 0. The van der Waals surface area contributed by atoms with E-state index in [4.69, 9.17) is 0 Å². The standard InChI is InChI=1S/C21H34N4O2.C2H6/c1-6-7-8-11-14-24-17-12-9-10-13-18(17)25(20(24)27)19(26)22-15-21(2,3)16-23(4)5;1-2/h9-10,12-13H,6-8,11,14-16H2,1-5H3,(H,22,26);1-2H3. The predicted molar refractivity (Wildman–Crippen MR) is 123 cm³/mol. The number of carbonyl (C=O) groups is 1. The van der Waals surface area contributed by atoms with Crippen molar-refractivity contribution in [2.24, 2.45) is 5.41 Å².